The highest BCUT2D eigenvalue weighted by molar-refractivity contribution is 5.96. The standard InChI is InChI=1S/C22H25N3O3/c26-21(25-11-3-5-17-4-1-2-6-20(17)25)16-23-12-14-24(15-13-23)19-9-7-18(8-10-19)22(27)28/h1-2,4,6-10H,3,5,11-16H2,(H,27,28). The zero-order chi connectivity index (χ0) is 19.5. The quantitative estimate of drug-likeness (QED) is 0.884. The predicted octanol–water partition coefficient (Wildman–Crippen LogP) is 2.49. The number of hydrogen-bond acceptors (Lipinski definition) is 4. The molecule has 1 amide bonds. The van der Waals surface area contributed by atoms with Gasteiger partial charge in [0.15, 0.2) is 0 Å². The van der Waals surface area contributed by atoms with Crippen LogP contribution in [0.4, 0.5) is 11.4 Å². The van der Waals surface area contributed by atoms with Gasteiger partial charge in [-0.25, -0.2) is 4.79 Å². The van der Waals surface area contributed by atoms with Crippen LogP contribution in [0.15, 0.2) is 48.5 Å². The molecule has 1 saturated heterocycles. The molecule has 146 valence electrons. The molecule has 2 aromatic rings. The summed E-state index contributed by atoms with van der Waals surface area (Å²) in [6.07, 6.45) is 2.06. The number of carbonyl (C=O) groups is 2. The Morgan fingerprint density at radius 2 is 1.61 bits per heavy atom. The summed E-state index contributed by atoms with van der Waals surface area (Å²) < 4.78 is 0. The molecule has 2 aliphatic heterocycles. The number of rotatable bonds is 4. The first kappa shape index (κ1) is 18.5. The van der Waals surface area contributed by atoms with Gasteiger partial charge in [-0.2, -0.15) is 0 Å². The Hall–Kier alpha value is -2.86. The lowest BCUT2D eigenvalue weighted by atomic mass is 10.0. The molecule has 0 bridgehead atoms. The number of anilines is 2. The summed E-state index contributed by atoms with van der Waals surface area (Å²) in [6.45, 7) is 4.54. The molecule has 0 radical (unpaired) electrons. The fraction of sp³-hybridized carbons (Fsp3) is 0.364. The Labute approximate surface area is 165 Å². The first-order valence-corrected chi connectivity index (χ1v) is 9.81. The van der Waals surface area contributed by atoms with Crippen molar-refractivity contribution >= 4 is 23.3 Å². The second kappa shape index (κ2) is 8.02. The average molecular weight is 379 g/mol. The summed E-state index contributed by atoms with van der Waals surface area (Å²) in [7, 11) is 0. The highest BCUT2D eigenvalue weighted by Gasteiger charge is 2.25. The Bertz CT molecular complexity index is 858. The Morgan fingerprint density at radius 1 is 0.893 bits per heavy atom. The van der Waals surface area contributed by atoms with Crippen LogP contribution in [0.3, 0.4) is 0 Å². The number of carboxylic acids is 1. The zero-order valence-corrected chi connectivity index (χ0v) is 15.9. The average Bonchev–Trinajstić information content (AvgIpc) is 2.74. The molecule has 2 aliphatic rings. The number of carbonyl (C=O) groups excluding carboxylic acids is 1. The lowest BCUT2D eigenvalue weighted by molar-refractivity contribution is -0.119. The minimum Gasteiger partial charge on any atom is -0.478 e. The number of aromatic carboxylic acids is 1. The third kappa shape index (κ3) is 3.87. The van der Waals surface area contributed by atoms with Crippen molar-refractivity contribution in [2.24, 2.45) is 0 Å². The van der Waals surface area contributed by atoms with E-state index < -0.39 is 5.97 Å². The van der Waals surface area contributed by atoms with Crippen LogP contribution in [-0.2, 0) is 11.2 Å². The molecule has 0 aromatic heterocycles. The summed E-state index contributed by atoms with van der Waals surface area (Å²) in [5.74, 6) is -0.736. The van der Waals surface area contributed by atoms with Gasteiger partial charge in [0.2, 0.25) is 5.91 Å². The van der Waals surface area contributed by atoms with Gasteiger partial charge < -0.3 is 14.9 Å². The van der Waals surface area contributed by atoms with E-state index >= 15 is 0 Å². The lowest BCUT2D eigenvalue weighted by Crippen LogP contribution is -2.50. The van der Waals surface area contributed by atoms with Crippen LogP contribution in [0, 0.1) is 0 Å². The molecule has 0 spiro atoms. The van der Waals surface area contributed by atoms with Gasteiger partial charge in [0.05, 0.1) is 12.1 Å². The minimum atomic E-state index is -0.908. The van der Waals surface area contributed by atoms with Crippen LogP contribution in [0.1, 0.15) is 22.3 Å². The number of para-hydroxylation sites is 1. The van der Waals surface area contributed by atoms with Crippen molar-refractivity contribution < 1.29 is 14.7 Å². The lowest BCUT2D eigenvalue weighted by Gasteiger charge is -2.37. The van der Waals surface area contributed by atoms with Crippen molar-refractivity contribution in [3.63, 3.8) is 0 Å². The Morgan fingerprint density at radius 3 is 2.32 bits per heavy atom. The molecule has 6 heteroatoms. The van der Waals surface area contributed by atoms with Crippen LogP contribution < -0.4 is 9.80 Å². The molecule has 0 atom stereocenters. The van der Waals surface area contributed by atoms with Gasteiger partial charge in [0, 0.05) is 44.1 Å². The molecular weight excluding hydrogens is 354 g/mol. The predicted molar refractivity (Wildman–Crippen MR) is 109 cm³/mol. The van der Waals surface area contributed by atoms with Crippen LogP contribution in [0.5, 0.6) is 0 Å². The van der Waals surface area contributed by atoms with Gasteiger partial charge in [0.1, 0.15) is 0 Å². The van der Waals surface area contributed by atoms with Gasteiger partial charge in [-0.1, -0.05) is 18.2 Å². The summed E-state index contributed by atoms with van der Waals surface area (Å²) in [5, 5.41) is 9.02. The largest absolute Gasteiger partial charge is 0.478 e. The summed E-state index contributed by atoms with van der Waals surface area (Å²) in [5.41, 5.74) is 3.66. The molecule has 0 saturated carbocycles. The van der Waals surface area contributed by atoms with E-state index in [2.05, 4.69) is 15.9 Å². The molecule has 28 heavy (non-hydrogen) atoms. The molecule has 1 N–H and O–H groups in total. The van der Waals surface area contributed by atoms with Crippen molar-refractivity contribution in [3.05, 3.63) is 59.7 Å². The number of carboxylic acid groups (broad SMARTS) is 1. The molecular formula is C22H25N3O3. The van der Waals surface area contributed by atoms with Gasteiger partial charge >= 0.3 is 5.97 Å². The summed E-state index contributed by atoms with van der Waals surface area (Å²) in [4.78, 5) is 30.3. The van der Waals surface area contributed by atoms with E-state index in [9.17, 15) is 9.59 Å². The topological polar surface area (TPSA) is 64.1 Å². The Kier molecular flexibility index (Phi) is 5.30. The van der Waals surface area contributed by atoms with Crippen LogP contribution in [0.25, 0.3) is 0 Å². The maximum Gasteiger partial charge on any atom is 0.335 e. The summed E-state index contributed by atoms with van der Waals surface area (Å²) >= 11 is 0. The number of aryl methyl sites for hydroxylation is 1. The maximum atomic E-state index is 12.9. The van der Waals surface area contributed by atoms with Crippen molar-refractivity contribution in [2.45, 2.75) is 12.8 Å². The maximum absolute atomic E-state index is 12.9. The van der Waals surface area contributed by atoms with Crippen molar-refractivity contribution in [3.8, 4) is 0 Å². The fourth-order valence-electron chi connectivity index (χ4n) is 4.05. The van der Waals surface area contributed by atoms with Gasteiger partial charge in [-0.15, -0.1) is 0 Å². The monoisotopic (exact) mass is 379 g/mol. The fourth-order valence-corrected chi connectivity index (χ4v) is 4.05. The second-order valence-electron chi connectivity index (χ2n) is 7.39. The highest BCUT2D eigenvalue weighted by atomic mass is 16.4. The number of piperazine rings is 1. The van der Waals surface area contributed by atoms with Crippen LogP contribution in [-0.4, -0.2) is 61.2 Å². The number of fused-ring (bicyclic) bond motifs is 1. The Balaban J connectivity index is 1.33. The molecule has 0 aliphatic carbocycles. The minimum absolute atomic E-state index is 0.173. The van der Waals surface area contributed by atoms with E-state index in [0.29, 0.717) is 12.1 Å². The van der Waals surface area contributed by atoms with Crippen molar-refractivity contribution in [2.75, 3.05) is 49.1 Å². The van der Waals surface area contributed by atoms with Gasteiger partial charge in [-0.05, 0) is 48.7 Å². The van der Waals surface area contributed by atoms with E-state index in [-0.39, 0.29) is 5.91 Å². The number of amides is 1. The third-order valence-corrected chi connectivity index (χ3v) is 5.62. The van der Waals surface area contributed by atoms with Crippen molar-refractivity contribution in [1.29, 1.82) is 0 Å². The molecule has 1 fully saturated rings. The van der Waals surface area contributed by atoms with Crippen molar-refractivity contribution in [1.82, 2.24) is 4.90 Å². The number of benzene rings is 2. The highest BCUT2D eigenvalue weighted by Crippen LogP contribution is 2.27. The SMILES string of the molecule is O=C(O)c1ccc(N2CCN(CC(=O)N3CCCc4ccccc43)CC2)cc1. The van der Waals surface area contributed by atoms with Gasteiger partial charge in [-0.3, -0.25) is 9.69 Å². The molecule has 2 heterocycles. The van der Waals surface area contributed by atoms with E-state index in [1.807, 2.05) is 35.2 Å². The van der Waals surface area contributed by atoms with Gasteiger partial charge in [0.25, 0.3) is 0 Å². The van der Waals surface area contributed by atoms with E-state index in [1.54, 1.807) is 12.1 Å². The first-order chi connectivity index (χ1) is 13.6. The first-order valence-electron chi connectivity index (χ1n) is 9.81. The zero-order valence-electron chi connectivity index (χ0n) is 15.9. The number of nitrogens with zero attached hydrogens (tertiary/aromatic N) is 3. The third-order valence-electron chi connectivity index (χ3n) is 5.62. The van der Waals surface area contributed by atoms with E-state index in [1.165, 1.54) is 5.56 Å². The molecule has 2 aromatic carbocycles. The van der Waals surface area contributed by atoms with Crippen LogP contribution in [0.2, 0.25) is 0 Å². The van der Waals surface area contributed by atoms with Crippen LogP contribution >= 0.6 is 0 Å². The summed E-state index contributed by atoms with van der Waals surface area (Å²) in [6, 6.07) is 15.2. The molecule has 0 unspecified atom stereocenters. The van der Waals surface area contributed by atoms with E-state index in [0.717, 1.165) is 56.9 Å². The second-order valence-corrected chi connectivity index (χ2v) is 7.39. The number of hydrogen-bond donors (Lipinski definition) is 1. The molecule has 4 rings (SSSR count). The van der Waals surface area contributed by atoms with E-state index in [4.69, 9.17) is 5.11 Å². The normalized spacial score (nSPS) is 17.3. The molecule has 6 nitrogen and oxygen atoms in total. The smallest absolute Gasteiger partial charge is 0.335 e.